The van der Waals surface area contributed by atoms with Crippen molar-refractivity contribution in [2.75, 3.05) is 0 Å². The minimum Gasteiger partial charge on any atom is -0.388 e. The molecule has 0 heterocycles. The van der Waals surface area contributed by atoms with Crippen LogP contribution < -0.4 is 0 Å². The Hall–Kier alpha value is -0.550. The monoisotopic (exact) mass is 249 g/mol. The molecule has 0 radical (unpaired) electrons. The van der Waals surface area contributed by atoms with Crippen LogP contribution in [0.2, 0.25) is 0 Å². The molecule has 2 saturated carbocycles. The molecule has 2 aliphatic rings. The Kier molecular flexibility index (Phi) is 3.49. The highest BCUT2D eigenvalue weighted by atomic mass is 16.3. The molecule has 2 aliphatic carbocycles. The number of nitrogens with zero attached hydrogens (tertiary/aromatic N) is 1. The van der Waals surface area contributed by atoms with Gasteiger partial charge in [0.25, 0.3) is 0 Å². The topological polar surface area (TPSA) is 44.0 Å². The van der Waals surface area contributed by atoms with Crippen LogP contribution in [0.3, 0.4) is 0 Å². The third kappa shape index (κ3) is 2.18. The summed E-state index contributed by atoms with van der Waals surface area (Å²) in [5, 5.41) is 20.4. The van der Waals surface area contributed by atoms with Gasteiger partial charge in [-0.05, 0) is 49.9 Å². The quantitative estimate of drug-likeness (QED) is 0.713. The average Bonchev–Trinajstić information content (AvgIpc) is 2.39. The Labute approximate surface area is 111 Å². The standard InChI is InChI=1S/C16H27NO/c1-14(2,3)13-6-4-10-16(18,11-7-13)15(12-17)8-5-9-15/h13,18H,4-11H2,1-3H3. The zero-order valence-corrected chi connectivity index (χ0v) is 12.1. The lowest BCUT2D eigenvalue weighted by Crippen LogP contribution is -2.51. The van der Waals surface area contributed by atoms with Gasteiger partial charge in [0.05, 0.1) is 17.1 Å². The van der Waals surface area contributed by atoms with E-state index < -0.39 is 11.0 Å². The molecule has 2 fully saturated rings. The van der Waals surface area contributed by atoms with Gasteiger partial charge in [-0.1, -0.05) is 33.6 Å². The van der Waals surface area contributed by atoms with Crippen molar-refractivity contribution in [1.82, 2.24) is 0 Å². The minimum absolute atomic E-state index is 0.324. The van der Waals surface area contributed by atoms with E-state index >= 15 is 0 Å². The van der Waals surface area contributed by atoms with Gasteiger partial charge in [-0.3, -0.25) is 0 Å². The maximum Gasteiger partial charge on any atom is 0.0860 e. The zero-order valence-electron chi connectivity index (χ0n) is 12.1. The van der Waals surface area contributed by atoms with Crippen molar-refractivity contribution in [1.29, 1.82) is 5.26 Å². The van der Waals surface area contributed by atoms with Gasteiger partial charge < -0.3 is 5.11 Å². The first-order chi connectivity index (χ1) is 8.33. The second-order valence-electron chi connectivity index (χ2n) is 7.57. The molecule has 0 spiro atoms. The Bertz CT molecular complexity index is 345. The lowest BCUT2D eigenvalue weighted by atomic mass is 9.57. The summed E-state index contributed by atoms with van der Waals surface area (Å²) in [6.07, 6.45) is 7.91. The van der Waals surface area contributed by atoms with Crippen LogP contribution >= 0.6 is 0 Å². The van der Waals surface area contributed by atoms with E-state index in [9.17, 15) is 10.4 Å². The van der Waals surface area contributed by atoms with Crippen LogP contribution in [-0.2, 0) is 0 Å². The summed E-state index contributed by atoms with van der Waals surface area (Å²) in [4.78, 5) is 0. The molecule has 1 N–H and O–H groups in total. The molecule has 2 rings (SSSR count). The highest BCUT2D eigenvalue weighted by Crippen LogP contribution is 2.55. The van der Waals surface area contributed by atoms with Crippen LogP contribution in [0.25, 0.3) is 0 Å². The molecular formula is C16H27NO. The van der Waals surface area contributed by atoms with Gasteiger partial charge in [0.2, 0.25) is 0 Å². The normalized spacial score (nSPS) is 36.3. The summed E-state index contributed by atoms with van der Waals surface area (Å²) in [6.45, 7) is 6.89. The fourth-order valence-electron chi connectivity index (χ4n) is 3.88. The largest absolute Gasteiger partial charge is 0.388 e. The second kappa shape index (κ2) is 4.53. The smallest absolute Gasteiger partial charge is 0.0860 e. The molecule has 2 heteroatoms. The lowest BCUT2D eigenvalue weighted by Gasteiger charge is -2.48. The molecule has 0 saturated heterocycles. The lowest BCUT2D eigenvalue weighted by molar-refractivity contribution is -0.105. The van der Waals surface area contributed by atoms with Crippen LogP contribution in [0.4, 0.5) is 0 Å². The van der Waals surface area contributed by atoms with Gasteiger partial charge in [-0.25, -0.2) is 0 Å². The van der Waals surface area contributed by atoms with E-state index in [0.29, 0.717) is 11.3 Å². The number of hydrogen-bond donors (Lipinski definition) is 1. The van der Waals surface area contributed by atoms with Crippen LogP contribution in [0.1, 0.15) is 72.1 Å². The van der Waals surface area contributed by atoms with Crippen LogP contribution in [0, 0.1) is 28.1 Å². The molecule has 0 aromatic rings. The molecule has 0 aromatic heterocycles. The molecule has 0 bridgehead atoms. The summed E-state index contributed by atoms with van der Waals surface area (Å²) < 4.78 is 0. The van der Waals surface area contributed by atoms with Crippen LogP contribution in [0.15, 0.2) is 0 Å². The SMILES string of the molecule is CC(C)(C)C1CCCC(O)(C2(C#N)CCC2)CC1. The molecule has 2 nitrogen and oxygen atoms in total. The third-order valence-corrected chi connectivity index (χ3v) is 5.59. The van der Waals surface area contributed by atoms with E-state index in [1.165, 1.54) is 6.42 Å². The van der Waals surface area contributed by atoms with Crippen molar-refractivity contribution in [3.8, 4) is 6.07 Å². The summed E-state index contributed by atoms with van der Waals surface area (Å²) >= 11 is 0. The summed E-state index contributed by atoms with van der Waals surface area (Å²) in [7, 11) is 0. The molecular weight excluding hydrogens is 222 g/mol. The van der Waals surface area contributed by atoms with E-state index in [-0.39, 0.29) is 0 Å². The van der Waals surface area contributed by atoms with Crippen LogP contribution in [-0.4, -0.2) is 10.7 Å². The number of nitriles is 1. The second-order valence-corrected chi connectivity index (χ2v) is 7.57. The molecule has 18 heavy (non-hydrogen) atoms. The Morgan fingerprint density at radius 2 is 1.72 bits per heavy atom. The third-order valence-electron chi connectivity index (χ3n) is 5.59. The molecule has 0 aliphatic heterocycles. The van der Waals surface area contributed by atoms with Crippen molar-refractivity contribution in [3.05, 3.63) is 0 Å². The van der Waals surface area contributed by atoms with Crippen molar-refractivity contribution in [3.63, 3.8) is 0 Å². The predicted octanol–water partition coefficient (Wildman–Crippen LogP) is 4.04. The summed E-state index contributed by atoms with van der Waals surface area (Å²) in [5.41, 5.74) is -0.801. The van der Waals surface area contributed by atoms with Gasteiger partial charge in [-0.15, -0.1) is 0 Å². The van der Waals surface area contributed by atoms with Crippen molar-refractivity contribution in [2.45, 2.75) is 77.7 Å². The highest BCUT2D eigenvalue weighted by Gasteiger charge is 2.54. The van der Waals surface area contributed by atoms with E-state index in [0.717, 1.165) is 44.9 Å². The molecule has 2 atom stereocenters. The summed E-state index contributed by atoms with van der Waals surface area (Å²) in [6, 6.07) is 2.46. The van der Waals surface area contributed by atoms with Gasteiger partial charge >= 0.3 is 0 Å². The fourth-order valence-corrected chi connectivity index (χ4v) is 3.88. The molecule has 102 valence electrons. The van der Waals surface area contributed by atoms with Crippen molar-refractivity contribution < 1.29 is 5.11 Å². The number of rotatable bonds is 1. The first kappa shape index (κ1) is 13.9. The van der Waals surface area contributed by atoms with Gasteiger partial charge in [0.15, 0.2) is 0 Å². The average molecular weight is 249 g/mol. The van der Waals surface area contributed by atoms with Crippen molar-refractivity contribution >= 4 is 0 Å². The van der Waals surface area contributed by atoms with Gasteiger partial charge in [0.1, 0.15) is 0 Å². The maximum absolute atomic E-state index is 11.0. The molecule has 0 aromatic carbocycles. The van der Waals surface area contributed by atoms with E-state index in [1.807, 2.05) is 0 Å². The maximum atomic E-state index is 11.0. The minimum atomic E-state index is -0.708. The van der Waals surface area contributed by atoms with Crippen LogP contribution in [0.5, 0.6) is 0 Å². The van der Waals surface area contributed by atoms with E-state index in [4.69, 9.17) is 0 Å². The number of hydrogen-bond acceptors (Lipinski definition) is 2. The first-order valence-electron chi connectivity index (χ1n) is 7.47. The Morgan fingerprint density at radius 1 is 1.06 bits per heavy atom. The van der Waals surface area contributed by atoms with E-state index in [1.54, 1.807) is 0 Å². The van der Waals surface area contributed by atoms with Gasteiger partial charge in [-0.2, -0.15) is 5.26 Å². The Balaban J connectivity index is 2.11. The van der Waals surface area contributed by atoms with Gasteiger partial charge in [0, 0.05) is 0 Å². The molecule has 0 amide bonds. The van der Waals surface area contributed by atoms with E-state index in [2.05, 4.69) is 26.8 Å². The predicted molar refractivity (Wildman–Crippen MR) is 72.9 cm³/mol. The number of aliphatic hydroxyl groups is 1. The molecule has 2 unspecified atom stereocenters. The zero-order chi connectivity index (χ0) is 13.4. The van der Waals surface area contributed by atoms with Crippen molar-refractivity contribution in [2.24, 2.45) is 16.7 Å². The summed E-state index contributed by atoms with van der Waals surface area (Å²) in [5.74, 6) is 0.683. The highest BCUT2D eigenvalue weighted by molar-refractivity contribution is 5.16. The Morgan fingerprint density at radius 3 is 2.17 bits per heavy atom. The fraction of sp³-hybridized carbons (Fsp3) is 0.938. The first-order valence-corrected chi connectivity index (χ1v) is 7.47.